The molecule has 1 aliphatic heterocycles. The molecule has 1 aromatic heterocycles. The number of anilines is 1. The average Bonchev–Trinajstić information content (AvgIpc) is 2.95. The molecule has 1 amide bonds. The summed E-state index contributed by atoms with van der Waals surface area (Å²) in [7, 11) is 0. The van der Waals surface area contributed by atoms with Crippen LogP contribution in [0.2, 0.25) is 0 Å². The molecule has 0 unspecified atom stereocenters. The number of nitrogens with zero attached hydrogens (tertiary/aromatic N) is 3. The molecule has 108 valence electrons. The van der Waals surface area contributed by atoms with Gasteiger partial charge in [-0.15, -0.1) is 11.3 Å². The Morgan fingerprint density at radius 1 is 1.48 bits per heavy atom. The molecule has 2 N–H and O–H groups in total. The van der Waals surface area contributed by atoms with Crippen molar-refractivity contribution >= 4 is 28.1 Å². The number of nitrogen functional groups attached to an aromatic ring is 1. The highest BCUT2D eigenvalue weighted by atomic mass is 32.1. The number of nitrogens with two attached hydrogens (primary N) is 1. The summed E-state index contributed by atoms with van der Waals surface area (Å²) >= 11 is 1.37. The number of amides is 1. The number of aryl methyl sites for hydroxylation is 1. The van der Waals surface area contributed by atoms with E-state index in [0.29, 0.717) is 29.3 Å². The third-order valence-electron chi connectivity index (χ3n) is 3.41. The van der Waals surface area contributed by atoms with Crippen molar-refractivity contribution in [3.8, 4) is 0 Å². The summed E-state index contributed by atoms with van der Waals surface area (Å²) in [5, 5.41) is 11.4. The summed E-state index contributed by atoms with van der Waals surface area (Å²) in [6.07, 6.45) is 0. The Balaban J connectivity index is 1.85. The van der Waals surface area contributed by atoms with Crippen molar-refractivity contribution in [2.45, 2.75) is 20.0 Å². The fourth-order valence-corrected chi connectivity index (χ4v) is 3.18. The van der Waals surface area contributed by atoms with Crippen LogP contribution in [-0.2, 0) is 13.1 Å². The van der Waals surface area contributed by atoms with Crippen LogP contribution < -0.4 is 5.73 Å². The number of hydrogen-bond acceptors (Lipinski definition) is 6. The highest BCUT2D eigenvalue weighted by Crippen LogP contribution is 2.30. The molecule has 0 bridgehead atoms. The van der Waals surface area contributed by atoms with Crippen LogP contribution in [-0.4, -0.2) is 20.7 Å². The van der Waals surface area contributed by atoms with Gasteiger partial charge in [0.15, 0.2) is 5.13 Å². The molecule has 8 heteroatoms. The van der Waals surface area contributed by atoms with E-state index in [2.05, 4.69) is 4.98 Å². The van der Waals surface area contributed by atoms with Crippen molar-refractivity contribution in [2.75, 3.05) is 5.73 Å². The van der Waals surface area contributed by atoms with Gasteiger partial charge in [-0.2, -0.15) is 0 Å². The second kappa shape index (κ2) is 4.81. The van der Waals surface area contributed by atoms with E-state index in [1.165, 1.54) is 17.4 Å². The van der Waals surface area contributed by atoms with Gasteiger partial charge in [-0.3, -0.25) is 14.9 Å². The van der Waals surface area contributed by atoms with Crippen LogP contribution in [0.3, 0.4) is 0 Å². The first-order valence-corrected chi connectivity index (χ1v) is 7.05. The van der Waals surface area contributed by atoms with Gasteiger partial charge >= 0.3 is 0 Å². The first kappa shape index (κ1) is 13.5. The Bertz CT molecular complexity index is 732. The fraction of sp³-hybridized carbons (Fsp3) is 0.231. The lowest BCUT2D eigenvalue weighted by Crippen LogP contribution is -2.25. The third-order valence-corrected chi connectivity index (χ3v) is 4.32. The summed E-state index contributed by atoms with van der Waals surface area (Å²) in [4.78, 5) is 29.7. The molecule has 0 radical (unpaired) electrons. The molecular weight excluding hydrogens is 292 g/mol. The monoisotopic (exact) mass is 304 g/mol. The topological polar surface area (TPSA) is 102 Å². The van der Waals surface area contributed by atoms with Crippen molar-refractivity contribution in [3.05, 3.63) is 50.0 Å². The van der Waals surface area contributed by atoms with Gasteiger partial charge < -0.3 is 10.6 Å². The van der Waals surface area contributed by atoms with Crippen LogP contribution in [0.25, 0.3) is 0 Å². The number of thiazole rings is 1. The Kier molecular flexibility index (Phi) is 3.09. The molecule has 7 nitrogen and oxygen atoms in total. The quantitative estimate of drug-likeness (QED) is 0.676. The zero-order valence-corrected chi connectivity index (χ0v) is 12.0. The van der Waals surface area contributed by atoms with Gasteiger partial charge in [-0.1, -0.05) is 6.07 Å². The van der Waals surface area contributed by atoms with Gasteiger partial charge in [-0.25, -0.2) is 4.98 Å². The lowest BCUT2D eigenvalue weighted by Gasteiger charge is -2.15. The van der Waals surface area contributed by atoms with E-state index in [0.717, 1.165) is 10.6 Å². The van der Waals surface area contributed by atoms with Crippen LogP contribution >= 0.6 is 11.3 Å². The van der Waals surface area contributed by atoms with Gasteiger partial charge in [0.05, 0.1) is 28.6 Å². The first-order valence-electron chi connectivity index (χ1n) is 6.24. The second-order valence-electron chi connectivity index (χ2n) is 4.84. The van der Waals surface area contributed by atoms with E-state index in [-0.39, 0.29) is 11.6 Å². The number of nitro groups is 1. The van der Waals surface area contributed by atoms with Crippen molar-refractivity contribution in [1.82, 2.24) is 9.88 Å². The molecule has 1 aliphatic rings. The lowest BCUT2D eigenvalue weighted by atomic mass is 10.1. The Morgan fingerprint density at radius 3 is 2.90 bits per heavy atom. The lowest BCUT2D eigenvalue weighted by molar-refractivity contribution is -0.385. The zero-order chi connectivity index (χ0) is 15.1. The predicted octanol–water partition coefficient (Wildman–Crippen LogP) is 2.10. The predicted molar refractivity (Wildman–Crippen MR) is 77.9 cm³/mol. The Morgan fingerprint density at radius 2 is 2.24 bits per heavy atom. The smallest absolute Gasteiger partial charge is 0.273 e. The van der Waals surface area contributed by atoms with Crippen LogP contribution in [0.5, 0.6) is 0 Å². The molecule has 1 aromatic carbocycles. The minimum atomic E-state index is -0.477. The summed E-state index contributed by atoms with van der Waals surface area (Å²) in [5.41, 5.74) is 7.24. The van der Waals surface area contributed by atoms with Gasteiger partial charge in [-0.05, 0) is 13.0 Å². The maximum Gasteiger partial charge on any atom is 0.273 e. The zero-order valence-electron chi connectivity index (χ0n) is 11.2. The van der Waals surface area contributed by atoms with Gasteiger partial charge in [0.1, 0.15) is 0 Å². The fourth-order valence-electron chi connectivity index (χ4n) is 2.33. The molecular formula is C13H12N4O3S. The van der Waals surface area contributed by atoms with Crippen LogP contribution in [0.4, 0.5) is 10.8 Å². The average molecular weight is 304 g/mol. The summed E-state index contributed by atoms with van der Waals surface area (Å²) in [6, 6.07) is 4.53. The largest absolute Gasteiger partial charge is 0.375 e. The van der Waals surface area contributed by atoms with E-state index in [1.54, 1.807) is 24.0 Å². The molecule has 0 saturated heterocycles. The maximum absolute atomic E-state index is 12.4. The number of nitro benzene ring substituents is 1. The maximum atomic E-state index is 12.4. The Hall–Kier alpha value is -2.48. The standard InChI is InChI=1S/C13H12N4O3S/c1-7-2-3-8(4-10(7)17(19)20)12(18)16-5-9-11(6-16)21-13(14)15-9/h2-4H,5-6H2,1H3,(H2,14,15). The molecule has 0 spiro atoms. The molecule has 3 rings (SSSR count). The highest BCUT2D eigenvalue weighted by molar-refractivity contribution is 7.15. The van der Waals surface area contributed by atoms with Crippen LogP contribution in [0, 0.1) is 17.0 Å². The second-order valence-corrected chi connectivity index (χ2v) is 5.96. The number of hydrogen-bond donors (Lipinski definition) is 1. The SMILES string of the molecule is Cc1ccc(C(=O)N2Cc3nc(N)sc3C2)cc1[N+](=O)[O-]. The normalized spacial score (nSPS) is 13.3. The minimum absolute atomic E-state index is 0.0443. The van der Waals surface area contributed by atoms with Crippen molar-refractivity contribution in [1.29, 1.82) is 0 Å². The molecule has 21 heavy (non-hydrogen) atoms. The number of fused-ring (bicyclic) bond motifs is 1. The van der Waals surface area contributed by atoms with Gasteiger partial charge in [0, 0.05) is 17.2 Å². The molecule has 2 heterocycles. The third kappa shape index (κ3) is 2.33. The molecule has 0 aliphatic carbocycles. The Labute approximate surface area is 124 Å². The summed E-state index contributed by atoms with van der Waals surface area (Å²) in [6.45, 7) is 2.49. The molecule has 0 saturated carbocycles. The van der Waals surface area contributed by atoms with Crippen LogP contribution in [0.1, 0.15) is 26.5 Å². The van der Waals surface area contributed by atoms with Crippen molar-refractivity contribution < 1.29 is 9.72 Å². The number of aromatic nitrogens is 1. The van der Waals surface area contributed by atoms with E-state index in [4.69, 9.17) is 5.73 Å². The van der Waals surface area contributed by atoms with E-state index >= 15 is 0 Å². The molecule has 0 atom stereocenters. The van der Waals surface area contributed by atoms with E-state index in [9.17, 15) is 14.9 Å². The molecule has 2 aromatic rings. The van der Waals surface area contributed by atoms with Crippen LogP contribution in [0.15, 0.2) is 18.2 Å². The first-order chi connectivity index (χ1) is 9.95. The molecule has 0 fully saturated rings. The number of carbonyl (C=O) groups is 1. The van der Waals surface area contributed by atoms with Crippen molar-refractivity contribution in [3.63, 3.8) is 0 Å². The summed E-state index contributed by atoms with van der Waals surface area (Å²) in [5.74, 6) is -0.234. The van der Waals surface area contributed by atoms with E-state index < -0.39 is 4.92 Å². The van der Waals surface area contributed by atoms with Gasteiger partial charge in [0.25, 0.3) is 11.6 Å². The van der Waals surface area contributed by atoms with Gasteiger partial charge in [0.2, 0.25) is 0 Å². The summed E-state index contributed by atoms with van der Waals surface area (Å²) < 4.78 is 0. The van der Waals surface area contributed by atoms with E-state index in [1.807, 2.05) is 0 Å². The highest BCUT2D eigenvalue weighted by Gasteiger charge is 2.28. The number of benzene rings is 1. The minimum Gasteiger partial charge on any atom is -0.375 e. The number of rotatable bonds is 2. The van der Waals surface area contributed by atoms with Crippen molar-refractivity contribution in [2.24, 2.45) is 0 Å². The number of carbonyl (C=O) groups excluding carboxylic acids is 1.